The van der Waals surface area contributed by atoms with Crippen LogP contribution in [0.1, 0.15) is 19.3 Å². The predicted molar refractivity (Wildman–Crippen MR) is 88.9 cm³/mol. The van der Waals surface area contributed by atoms with E-state index < -0.39 is 6.04 Å². The fourth-order valence-corrected chi connectivity index (χ4v) is 1.90. The second-order valence-electron chi connectivity index (χ2n) is 5.67. The minimum Gasteiger partial charge on any atom is -0.394 e. The number of aliphatic hydroxyl groups excluding tert-OH is 1. The van der Waals surface area contributed by atoms with Gasteiger partial charge in [0.05, 0.1) is 25.9 Å². The van der Waals surface area contributed by atoms with Crippen LogP contribution in [0.4, 0.5) is 0 Å². The van der Waals surface area contributed by atoms with E-state index >= 15 is 0 Å². The lowest BCUT2D eigenvalue weighted by atomic mass is 10.1. The Morgan fingerprint density at radius 2 is 2.00 bits per heavy atom. The van der Waals surface area contributed by atoms with Crippen LogP contribution in [-0.2, 0) is 14.3 Å². The van der Waals surface area contributed by atoms with Crippen molar-refractivity contribution in [3.05, 3.63) is 0 Å². The zero-order valence-electron chi connectivity index (χ0n) is 14.4. The summed E-state index contributed by atoms with van der Waals surface area (Å²) in [5.74, 6) is -0.197. The SMILES string of the molecule is CN(C)CCN(C=O)CCCCC(N)C(=O)NCCOCCO. The van der Waals surface area contributed by atoms with Crippen molar-refractivity contribution in [2.45, 2.75) is 25.3 Å². The van der Waals surface area contributed by atoms with Gasteiger partial charge in [0.25, 0.3) is 0 Å². The van der Waals surface area contributed by atoms with E-state index in [1.165, 1.54) is 0 Å². The van der Waals surface area contributed by atoms with Crippen LogP contribution >= 0.6 is 0 Å². The van der Waals surface area contributed by atoms with Gasteiger partial charge in [-0.25, -0.2) is 0 Å². The molecule has 0 saturated carbocycles. The molecule has 0 aromatic carbocycles. The number of hydrogen-bond donors (Lipinski definition) is 3. The van der Waals surface area contributed by atoms with Gasteiger partial charge in [0.2, 0.25) is 12.3 Å². The number of nitrogens with two attached hydrogens (primary N) is 1. The molecule has 0 aliphatic carbocycles. The summed E-state index contributed by atoms with van der Waals surface area (Å²) in [5.41, 5.74) is 5.82. The van der Waals surface area contributed by atoms with E-state index in [4.69, 9.17) is 15.6 Å². The molecule has 1 unspecified atom stereocenters. The lowest BCUT2D eigenvalue weighted by Crippen LogP contribution is -2.42. The topological polar surface area (TPSA) is 108 Å². The third kappa shape index (κ3) is 13.0. The van der Waals surface area contributed by atoms with Crippen LogP contribution in [0.2, 0.25) is 0 Å². The van der Waals surface area contributed by atoms with Gasteiger partial charge >= 0.3 is 0 Å². The largest absolute Gasteiger partial charge is 0.394 e. The summed E-state index contributed by atoms with van der Waals surface area (Å²) in [6.45, 7) is 3.20. The normalized spacial score (nSPS) is 12.2. The summed E-state index contributed by atoms with van der Waals surface area (Å²) in [6.07, 6.45) is 3.07. The zero-order chi connectivity index (χ0) is 17.5. The molecule has 0 rings (SSSR count). The van der Waals surface area contributed by atoms with Crippen molar-refractivity contribution in [1.82, 2.24) is 15.1 Å². The van der Waals surface area contributed by atoms with Crippen LogP contribution in [0.3, 0.4) is 0 Å². The van der Waals surface area contributed by atoms with Crippen LogP contribution in [-0.4, -0.2) is 93.4 Å². The number of aliphatic hydroxyl groups is 1. The van der Waals surface area contributed by atoms with Gasteiger partial charge in [-0.05, 0) is 33.4 Å². The molecule has 136 valence electrons. The first kappa shape index (κ1) is 21.8. The first-order chi connectivity index (χ1) is 11.0. The number of carbonyl (C=O) groups is 2. The molecule has 0 aliphatic rings. The minimum atomic E-state index is -0.542. The Morgan fingerprint density at radius 1 is 1.26 bits per heavy atom. The molecule has 0 fully saturated rings. The molecule has 0 bridgehead atoms. The number of hydrogen-bond acceptors (Lipinski definition) is 6. The number of ether oxygens (including phenoxy) is 1. The van der Waals surface area contributed by atoms with E-state index in [-0.39, 0.29) is 19.1 Å². The van der Waals surface area contributed by atoms with E-state index in [1.807, 2.05) is 19.0 Å². The lowest BCUT2D eigenvalue weighted by Gasteiger charge is -2.20. The first-order valence-corrected chi connectivity index (χ1v) is 8.07. The molecule has 0 aliphatic heterocycles. The van der Waals surface area contributed by atoms with E-state index in [2.05, 4.69) is 5.32 Å². The van der Waals surface area contributed by atoms with Gasteiger partial charge in [-0.2, -0.15) is 0 Å². The molecule has 0 radical (unpaired) electrons. The van der Waals surface area contributed by atoms with E-state index in [0.29, 0.717) is 32.7 Å². The quantitative estimate of drug-likeness (QED) is 0.252. The molecule has 0 heterocycles. The van der Waals surface area contributed by atoms with Crippen molar-refractivity contribution in [2.75, 3.05) is 60.1 Å². The number of amides is 2. The zero-order valence-corrected chi connectivity index (χ0v) is 14.4. The number of likely N-dealkylation sites (N-methyl/N-ethyl adjacent to an activating group) is 1. The van der Waals surface area contributed by atoms with Crippen LogP contribution in [0.15, 0.2) is 0 Å². The average Bonchev–Trinajstić information content (AvgIpc) is 2.53. The predicted octanol–water partition coefficient (Wildman–Crippen LogP) is -1.37. The Kier molecular flexibility index (Phi) is 13.6. The second kappa shape index (κ2) is 14.4. The van der Waals surface area contributed by atoms with Crippen LogP contribution in [0.25, 0.3) is 0 Å². The van der Waals surface area contributed by atoms with Crippen molar-refractivity contribution < 1.29 is 19.4 Å². The molecule has 0 spiro atoms. The van der Waals surface area contributed by atoms with Gasteiger partial charge in [-0.15, -0.1) is 0 Å². The smallest absolute Gasteiger partial charge is 0.236 e. The number of rotatable bonds is 15. The van der Waals surface area contributed by atoms with Crippen molar-refractivity contribution in [3.63, 3.8) is 0 Å². The van der Waals surface area contributed by atoms with Gasteiger partial charge in [0.1, 0.15) is 0 Å². The van der Waals surface area contributed by atoms with Crippen LogP contribution in [0, 0.1) is 0 Å². The number of carbonyl (C=O) groups excluding carboxylic acids is 2. The maximum absolute atomic E-state index is 11.7. The molecule has 8 nitrogen and oxygen atoms in total. The summed E-state index contributed by atoms with van der Waals surface area (Å²) in [7, 11) is 3.94. The Labute approximate surface area is 138 Å². The average molecular weight is 332 g/mol. The molecule has 8 heteroatoms. The van der Waals surface area contributed by atoms with Crippen molar-refractivity contribution >= 4 is 12.3 Å². The molecule has 0 aromatic heterocycles. The summed E-state index contributed by atoms with van der Waals surface area (Å²) < 4.78 is 5.04. The Hall–Kier alpha value is -1.22. The highest BCUT2D eigenvalue weighted by molar-refractivity contribution is 5.81. The highest BCUT2D eigenvalue weighted by atomic mass is 16.5. The summed E-state index contributed by atoms with van der Waals surface area (Å²) >= 11 is 0. The number of nitrogens with one attached hydrogen (secondary N) is 1. The molecule has 23 heavy (non-hydrogen) atoms. The van der Waals surface area contributed by atoms with Gasteiger partial charge in [-0.3, -0.25) is 9.59 Å². The van der Waals surface area contributed by atoms with Gasteiger partial charge in [-0.1, -0.05) is 0 Å². The lowest BCUT2D eigenvalue weighted by molar-refractivity contribution is -0.123. The first-order valence-electron chi connectivity index (χ1n) is 8.07. The molecule has 2 amide bonds. The van der Waals surface area contributed by atoms with E-state index in [9.17, 15) is 9.59 Å². The maximum atomic E-state index is 11.7. The molecule has 4 N–H and O–H groups in total. The third-order valence-electron chi connectivity index (χ3n) is 3.31. The second-order valence-corrected chi connectivity index (χ2v) is 5.67. The highest BCUT2D eigenvalue weighted by Gasteiger charge is 2.12. The standard InChI is InChI=1S/C15H32N4O4/c1-18(2)8-9-19(13-21)7-4-3-5-14(16)15(22)17-6-11-23-12-10-20/h13-14,20H,3-12,16H2,1-2H3,(H,17,22). The summed E-state index contributed by atoms with van der Waals surface area (Å²) in [6, 6.07) is -0.542. The van der Waals surface area contributed by atoms with E-state index in [1.54, 1.807) is 4.90 Å². The van der Waals surface area contributed by atoms with Crippen molar-refractivity contribution in [2.24, 2.45) is 5.73 Å². The van der Waals surface area contributed by atoms with Crippen LogP contribution < -0.4 is 11.1 Å². The van der Waals surface area contributed by atoms with Crippen molar-refractivity contribution in [3.8, 4) is 0 Å². The summed E-state index contributed by atoms with van der Waals surface area (Å²) in [5, 5.41) is 11.2. The Bertz CT molecular complexity index is 316. The van der Waals surface area contributed by atoms with Gasteiger partial charge in [0, 0.05) is 26.2 Å². The van der Waals surface area contributed by atoms with Crippen LogP contribution in [0.5, 0.6) is 0 Å². The molecule has 0 saturated heterocycles. The molecular weight excluding hydrogens is 300 g/mol. The van der Waals surface area contributed by atoms with Gasteiger partial charge in [0.15, 0.2) is 0 Å². The van der Waals surface area contributed by atoms with E-state index in [0.717, 1.165) is 25.8 Å². The Morgan fingerprint density at radius 3 is 2.61 bits per heavy atom. The molecule has 1 atom stereocenters. The molecular formula is C15H32N4O4. The Balaban J connectivity index is 3.68. The highest BCUT2D eigenvalue weighted by Crippen LogP contribution is 2.01. The maximum Gasteiger partial charge on any atom is 0.236 e. The minimum absolute atomic E-state index is 0.0280. The fourth-order valence-electron chi connectivity index (χ4n) is 1.90. The van der Waals surface area contributed by atoms with Gasteiger partial charge < -0.3 is 30.7 Å². The molecule has 0 aromatic rings. The monoisotopic (exact) mass is 332 g/mol. The number of unbranched alkanes of at least 4 members (excludes halogenated alkanes) is 1. The summed E-state index contributed by atoms with van der Waals surface area (Å²) in [4.78, 5) is 26.4. The number of nitrogens with zero attached hydrogens (tertiary/aromatic N) is 2. The third-order valence-corrected chi connectivity index (χ3v) is 3.31. The fraction of sp³-hybridized carbons (Fsp3) is 0.867. The van der Waals surface area contributed by atoms with Crippen molar-refractivity contribution in [1.29, 1.82) is 0 Å².